The maximum atomic E-state index is 13.1. The van der Waals surface area contributed by atoms with Gasteiger partial charge >= 0.3 is 39.5 Å². The van der Waals surface area contributed by atoms with Crippen LogP contribution in [0.2, 0.25) is 0 Å². The first kappa shape index (κ1) is 98.1. The van der Waals surface area contributed by atoms with Crippen LogP contribution in [-0.2, 0) is 65.4 Å². The highest BCUT2D eigenvalue weighted by molar-refractivity contribution is 7.47. The van der Waals surface area contributed by atoms with Crippen molar-refractivity contribution in [2.24, 2.45) is 17.8 Å². The number of aliphatic hydroxyl groups is 1. The minimum Gasteiger partial charge on any atom is -0.462 e. The van der Waals surface area contributed by atoms with E-state index in [0.717, 1.165) is 114 Å². The highest BCUT2D eigenvalue weighted by Gasteiger charge is 2.30. The second-order valence-corrected chi connectivity index (χ2v) is 33.3. The van der Waals surface area contributed by atoms with Crippen LogP contribution in [0.25, 0.3) is 0 Å². The summed E-state index contributed by atoms with van der Waals surface area (Å²) in [5, 5.41) is 10.6. The number of aliphatic hydroxyl groups excluding tert-OH is 1. The van der Waals surface area contributed by atoms with Crippen LogP contribution in [-0.4, -0.2) is 96.7 Å². The Labute approximate surface area is 613 Å². The molecule has 0 aromatic rings. The summed E-state index contributed by atoms with van der Waals surface area (Å²) in [6.07, 6.45) is 59.7. The largest absolute Gasteiger partial charge is 0.472 e. The van der Waals surface area contributed by atoms with E-state index in [9.17, 15) is 43.2 Å². The first-order chi connectivity index (χ1) is 48.3. The average molecular weight is 1470 g/mol. The maximum absolute atomic E-state index is 13.1. The van der Waals surface area contributed by atoms with E-state index in [1.165, 1.54) is 225 Å². The van der Waals surface area contributed by atoms with Gasteiger partial charge in [-0.2, -0.15) is 0 Å². The van der Waals surface area contributed by atoms with E-state index in [0.29, 0.717) is 25.7 Å². The Bertz CT molecular complexity index is 1940. The van der Waals surface area contributed by atoms with Gasteiger partial charge in [0.1, 0.15) is 19.3 Å². The number of carbonyl (C=O) groups is 4. The third kappa shape index (κ3) is 73.0. The zero-order chi connectivity index (χ0) is 73.7. The third-order valence-corrected chi connectivity index (χ3v) is 21.1. The number of phosphoric ester groups is 2. The van der Waals surface area contributed by atoms with E-state index >= 15 is 0 Å². The fourth-order valence-electron chi connectivity index (χ4n) is 12.5. The number of phosphoric acid groups is 2. The highest BCUT2D eigenvalue weighted by atomic mass is 31.2. The summed E-state index contributed by atoms with van der Waals surface area (Å²) >= 11 is 0. The predicted molar refractivity (Wildman–Crippen MR) is 409 cm³/mol. The molecule has 0 amide bonds. The van der Waals surface area contributed by atoms with E-state index < -0.39 is 97.5 Å². The van der Waals surface area contributed by atoms with Gasteiger partial charge in [0.25, 0.3) is 0 Å². The normalized spacial score (nSPS) is 14.2. The fraction of sp³-hybridized carbons (Fsp3) is 0.951. The number of esters is 4. The number of unbranched alkanes of at least 4 members (excludes halogenated alkanes) is 46. The van der Waals surface area contributed by atoms with Crippen molar-refractivity contribution in [3.63, 3.8) is 0 Å². The lowest BCUT2D eigenvalue weighted by atomic mass is 9.99. The molecular weight excluding hydrogens is 1310 g/mol. The van der Waals surface area contributed by atoms with Gasteiger partial charge in [-0.3, -0.25) is 37.3 Å². The van der Waals surface area contributed by atoms with E-state index in [-0.39, 0.29) is 25.7 Å². The molecule has 0 fully saturated rings. The van der Waals surface area contributed by atoms with Crippen molar-refractivity contribution in [2.45, 2.75) is 439 Å². The van der Waals surface area contributed by atoms with Crippen LogP contribution in [0.1, 0.15) is 421 Å². The number of carbonyl (C=O) groups excluding carboxylic acids is 4. The van der Waals surface area contributed by atoms with Crippen molar-refractivity contribution in [1.82, 2.24) is 0 Å². The second-order valence-electron chi connectivity index (χ2n) is 30.4. The van der Waals surface area contributed by atoms with E-state index in [2.05, 4.69) is 48.5 Å². The summed E-state index contributed by atoms with van der Waals surface area (Å²) < 4.78 is 68.6. The fourth-order valence-corrected chi connectivity index (χ4v) is 14.0. The molecule has 17 nitrogen and oxygen atoms in total. The molecule has 19 heteroatoms. The van der Waals surface area contributed by atoms with Crippen LogP contribution >= 0.6 is 15.6 Å². The van der Waals surface area contributed by atoms with Crippen LogP contribution in [0.15, 0.2) is 0 Å². The van der Waals surface area contributed by atoms with Gasteiger partial charge in [-0.05, 0) is 43.4 Å². The first-order valence-corrected chi connectivity index (χ1v) is 44.9. The van der Waals surface area contributed by atoms with Gasteiger partial charge in [0.15, 0.2) is 12.2 Å². The lowest BCUT2D eigenvalue weighted by Crippen LogP contribution is -2.30. The Morgan fingerprint density at radius 2 is 0.510 bits per heavy atom. The second kappa shape index (κ2) is 71.3. The van der Waals surface area contributed by atoms with E-state index in [4.69, 9.17) is 37.0 Å². The molecule has 0 aliphatic carbocycles. The minimum absolute atomic E-state index is 0.106. The third-order valence-electron chi connectivity index (χ3n) is 19.2. The monoisotopic (exact) mass is 1470 g/mol. The zero-order valence-electron chi connectivity index (χ0n) is 65.7. The van der Waals surface area contributed by atoms with Gasteiger partial charge in [0.05, 0.1) is 26.4 Å². The van der Waals surface area contributed by atoms with Gasteiger partial charge in [0.2, 0.25) is 0 Å². The smallest absolute Gasteiger partial charge is 0.462 e. The minimum atomic E-state index is -4.96. The molecule has 0 spiro atoms. The van der Waals surface area contributed by atoms with Crippen LogP contribution in [0, 0.1) is 17.8 Å². The molecule has 100 heavy (non-hydrogen) atoms. The number of ether oxygens (including phenoxy) is 4. The Balaban J connectivity index is 5.20. The lowest BCUT2D eigenvalue weighted by molar-refractivity contribution is -0.161. The van der Waals surface area contributed by atoms with E-state index in [1.54, 1.807) is 0 Å². The summed E-state index contributed by atoms with van der Waals surface area (Å²) in [5.74, 6) is 0.309. The Hall–Kier alpha value is -1.94. The zero-order valence-corrected chi connectivity index (χ0v) is 67.5. The van der Waals surface area contributed by atoms with Gasteiger partial charge in [-0.15, -0.1) is 0 Å². The molecule has 0 saturated heterocycles. The van der Waals surface area contributed by atoms with Crippen molar-refractivity contribution < 1.29 is 80.2 Å². The molecule has 3 N–H and O–H groups in total. The van der Waals surface area contributed by atoms with Gasteiger partial charge in [-0.25, -0.2) is 9.13 Å². The van der Waals surface area contributed by atoms with Crippen LogP contribution in [0.4, 0.5) is 0 Å². The first-order valence-electron chi connectivity index (χ1n) is 41.9. The van der Waals surface area contributed by atoms with Crippen LogP contribution < -0.4 is 0 Å². The van der Waals surface area contributed by atoms with Crippen LogP contribution in [0.5, 0.6) is 0 Å². The lowest BCUT2D eigenvalue weighted by Gasteiger charge is -2.21. The molecule has 0 heterocycles. The number of rotatable bonds is 79. The molecule has 6 atom stereocenters. The molecule has 0 rings (SSSR count). The Morgan fingerprint density at radius 1 is 0.290 bits per heavy atom. The molecule has 0 bridgehead atoms. The summed E-state index contributed by atoms with van der Waals surface area (Å²) in [6, 6.07) is 0. The van der Waals surface area contributed by atoms with Crippen molar-refractivity contribution in [2.75, 3.05) is 39.6 Å². The predicted octanol–water partition coefficient (Wildman–Crippen LogP) is 24.1. The summed E-state index contributed by atoms with van der Waals surface area (Å²) in [4.78, 5) is 72.9. The van der Waals surface area contributed by atoms with Crippen molar-refractivity contribution in [3.8, 4) is 0 Å². The molecule has 0 saturated carbocycles. The topological polar surface area (TPSA) is 237 Å². The average Bonchev–Trinajstić information content (AvgIpc) is 1.30. The molecule has 0 aromatic heterocycles. The number of hydrogen-bond acceptors (Lipinski definition) is 15. The standard InChI is InChI=1S/C81H158O17P2/c1-8-10-11-12-13-41-48-55-62-78(83)91-68-76(97-81(86)65-58-51-44-37-31-30-34-40-47-54-61-74(7)9-2)70-95-99(87,88)93-66-75(82)67-94-100(89,90)96-71-77(69-92-79(84)63-56-49-42-35-28-24-21-20-23-27-33-39-46-53-60-73(5)6)98-80(85)64-57-50-43-36-29-25-19-17-15-14-16-18-22-26-32-38-45-52-59-72(3)4/h72-77,82H,8-71H2,1-7H3,(H,87,88)(H,89,90)/t74?,75-,76+,77+/m0/s1. The van der Waals surface area contributed by atoms with Crippen LogP contribution in [0.3, 0.4) is 0 Å². The molecule has 0 aliphatic rings. The van der Waals surface area contributed by atoms with Crippen molar-refractivity contribution in [1.29, 1.82) is 0 Å². The summed E-state index contributed by atoms with van der Waals surface area (Å²) in [7, 11) is -9.92. The SMILES string of the molecule is CCCCCCCCCCC(=O)OC[C@H](COP(=O)(O)OC[C@H](O)COP(=O)(O)OC[C@@H](COC(=O)CCCCCCCCCCCCCCCCC(C)C)OC(=O)CCCCCCCCCCCCCCCCCCCCC(C)C)OC(=O)CCCCCCCCCCCCC(C)CC. The Kier molecular flexibility index (Phi) is 69.9. The molecule has 3 unspecified atom stereocenters. The van der Waals surface area contributed by atoms with Crippen molar-refractivity contribution in [3.05, 3.63) is 0 Å². The summed E-state index contributed by atoms with van der Waals surface area (Å²) in [5.41, 5.74) is 0. The molecule has 594 valence electrons. The molecule has 0 aliphatic heterocycles. The number of hydrogen-bond donors (Lipinski definition) is 3. The quantitative estimate of drug-likeness (QED) is 0.0222. The molecule has 0 radical (unpaired) electrons. The molecule has 0 aromatic carbocycles. The molecular formula is C81H158O17P2. The maximum Gasteiger partial charge on any atom is 0.472 e. The Morgan fingerprint density at radius 3 is 0.760 bits per heavy atom. The van der Waals surface area contributed by atoms with Gasteiger partial charge in [-0.1, -0.05) is 370 Å². The van der Waals surface area contributed by atoms with Gasteiger partial charge in [0, 0.05) is 25.7 Å². The summed E-state index contributed by atoms with van der Waals surface area (Å²) in [6.45, 7) is 12.0. The van der Waals surface area contributed by atoms with Crippen molar-refractivity contribution >= 4 is 39.5 Å². The van der Waals surface area contributed by atoms with E-state index in [1.807, 2.05) is 0 Å². The van der Waals surface area contributed by atoms with Gasteiger partial charge < -0.3 is 33.8 Å². The highest BCUT2D eigenvalue weighted by Crippen LogP contribution is 2.45.